The van der Waals surface area contributed by atoms with E-state index in [4.69, 9.17) is 0 Å². The van der Waals surface area contributed by atoms with Gasteiger partial charge in [-0.2, -0.15) is 4.31 Å². The van der Waals surface area contributed by atoms with Gasteiger partial charge in [-0.25, -0.2) is 8.42 Å². The number of nitrogens with zero attached hydrogens (tertiary/aromatic N) is 1. The molecule has 0 saturated carbocycles. The fourth-order valence-electron chi connectivity index (χ4n) is 1.91. The average molecular weight is 444 g/mol. The van der Waals surface area contributed by atoms with Gasteiger partial charge in [0.15, 0.2) is 0 Å². The first kappa shape index (κ1) is 17.9. The zero-order chi connectivity index (χ0) is 17.0. The smallest absolute Gasteiger partial charge is 0.243 e. The molecule has 0 saturated heterocycles. The Bertz CT molecular complexity index is 787. The lowest BCUT2D eigenvalue weighted by Crippen LogP contribution is -2.34. The molecule has 0 fully saturated rings. The molecule has 0 spiro atoms. The van der Waals surface area contributed by atoms with Gasteiger partial charge in [0, 0.05) is 16.3 Å². The quantitative estimate of drug-likeness (QED) is 0.722. The molecule has 0 aliphatic heterocycles. The molecule has 2 aromatic rings. The van der Waals surface area contributed by atoms with Crippen molar-refractivity contribution in [1.29, 1.82) is 0 Å². The summed E-state index contributed by atoms with van der Waals surface area (Å²) in [6.07, 6.45) is 0. The predicted octanol–water partition coefficient (Wildman–Crippen LogP) is 2.86. The van der Waals surface area contributed by atoms with E-state index < -0.39 is 10.0 Å². The normalized spacial score (nSPS) is 11.5. The van der Waals surface area contributed by atoms with Gasteiger partial charge in [-0.15, -0.1) is 0 Å². The summed E-state index contributed by atoms with van der Waals surface area (Å²) in [5, 5.41) is 2.68. The van der Waals surface area contributed by atoms with Gasteiger partial charge in [0.1, 0.15) is 0 Å². The maximum Gasteiger partial charge on any atom is 0.243 e. The lowest BCUT2D eigenvalue weighted by atomic mass is 10.2. The van der Waals surface area contributed by atoms with E-state index in [1.807, 2.05) is 19.1 Å². The van der Waals surface area contributed by atoms with Crippen molar-refractivity contribution in [2.24, 2.45) is 0 Å². The molecule has 7 heteroatoms. The van der Waals surface area contributed by atoms with E-state index in [0.717, 1.165) is 13.4 Å². The number of carbonyl (C=O) groups excluding carboxylic acids is 1. The number of aryl methyl sites for hydroxylation is 1. The maximum atomic E-state index is 12.4. The van der Waals surface area contributed by atoms with E-state index >= 15 is 0 Å². The van der Waals surface area contributed by atoms with Gasteiger partial charge in [-0.05, 0) is 65.9 Å². The molecule has 0 bridgehead atoms. The fraction of sp³-hybridized carbons (Fsp3) is 0.188. The Labute approximate surface area is 149 Å². The highest BCUT2D eigenvalue weighted by Crippen LogP contribution is 2.15. The lowest BCUT2D eigenvalue weighted by molar-refractivity contribution is -0.116. The fourth-order valence-corrected chi connectivity index (χ4v) is 3.40. The van der Waals surface area contributed by atoms with Gasteiger partial charge >= 0.3 is 0 Å². The van der Waals surface area contributed by atoms with Crippen molar-refractivity contribution in [2.75, 3.05) is 18.9 Å². The van der Waals surface area contributed by atoms with Crippen LogP contribution in [0.3, 0.4) is 0 Å². The number of carbonyl (C=O) groups is 1. The second kappa shape index (κ2) is 7.41. The first-order valence-corrected chi connectivity index (χ1v) is 9.39. The molecule has 0 aliphatic carbocycles. The van der Waals surface area contributed by atoms with E-state index in [1.54, 1.807) is 24.3 Å². The van der Waals surface area contributed by atoms with Crippen molar-refractivity contribution in [3.8, 4) is 0 Å². The number of amides is 1. The molecule has 5 nitrogen and oxygen atoms in total. The van der Waals surface area contributed by atoms with Crippen LogP contribution in [0.5, 0.6) is 0 Å². The van der Waals surface area contributed by atoms with Crippen molar-refractivity contribution < 1.29 is 13.2 Å². The molecular formula is C16H17IN2O3S. The molecule has 122 valence electrons. The summed E-state index contributed by atoms with van der Waals surface area (Å²) in [4.78, 5) is 12.2. The number of likely N-dealkylation sites (N-methyl/N-ethyl adjacent to an activating group) is 1. The van der Waals surface area contributed by atoms with Gasteiger partial charge < -0.3 is 5.32 Å². The largest absolute Gasteiger partial charge is 0.325 e. The van der Waals surface area contributed by atoms with Crippen LogP contribution >= 0.6 is 22.6 Å². The predicted molar refractivity (Wildman–Crippen MR) is 98.8 cm³/mol. The number of nitrogens with one attached hydrogen (secondary N) is 1. The van der Waals surface area contributed by atoms with Gasteiger partial charge in [-0.3, -0.25) is 4.79 Å². The molecule has 0 unspecified atom stereocenters. The Kier molecular flexibility index (Phi) is 5.77. The summed E-state index contributed by atoms with van der Waals surface area (Å²) < 4.78 is 26.9. The second-order valence-electron chi connectivity index (χ2n) is 5.13. The van der Waals surface area contributed by atoms with Crippen molar-refractivity contribution in [3.63, 3.8) is 0 Å². The van der Waals surface area contributed by atoms with Crippen LogP contribution in [0.25, 0.3) is 0 Å². The highest BCUT2D eigenvalue weighted by Gasteiger charge is 2.22. The van der Waals surface area contributed by atoms with E-state index in [1.165, 1.54) is 19.2 Å². The second-order valence-corrected chi connectivity index (χ2v) is 8.42. The lowest BCUT2D eigenvalue weighted by Gasteiger charge is -2.17. The molecule has 0 radical (unpaired) electrons. The Hall–Kier alpha value is -1.45. The Balaban J connectivity index is 2.05. The van der Waals surface area contributed by atoms with E-state index in [9.17, 15) is 13.2 Å². The summed E-state index contributed by atoms with van der Waals surface area (Å²) in [6, 6.07) is 13.8. The van der Waals surface area contributed by atoms with Crippen LogP contribution < -0.4 is 5.32 Å². The third-order valence-electron chi connectivity index (χ3n) is 3.22. The van der Waals surface area contributed by atoms with Crippen molar-refractivity contribution in [1.82, 2.24) is 4.31 Å². The van der Waals surface area contributed by atoms with E-state index in [0.29, 0.717) is 5.69 Å². The summed E-state index contributed by atoms with van der Waals surface area (Å²) in [5.74, 6) is -0.385. The van der Waals surface area contributed by atoms with Crippen LogP contribution in [0.1, 0.15) is 5.56 Å². The van der Waals surface area contributed by atoms with Crippen LogP contribution in [0, 0.1) is 10.5 Å². The van der Waals surface area contributed by atoms with E-state index in [2.05, 4.69) is 27.9 Å². The molecule has 2 rings (SSSR count). The monoisotopic (exact) mass is 444 g/mol. The van der Waals surface area contributed by atoms with Crippen molar-refractivity contribution >= 4 is 44.2 Å². The third-order valence-corrected chi connectivity index (χ3v) is 5.76. The summed E-state index contributed by atoms with van der Waals surface area (Å²) >= 11 is 2.17. The highest BCUT2D eigenvalue weighted by atomic mass is 127. The van der Waals surface area contributed by atoms with Crippen LogP contribution in [0.2, 0.25) is 0 Å². The van der Waals surface area contributed by atoms with Crippen LogP contribution in [-0.2, 0) is 14.8 Å². The molecular weight excluding hydrogens is 427 g/mol. The minimum Gasteiger partial charge on any atom is -0.325 e. The molecule has 23 heavy (non-hydrogen) atoms. The van der Waals surface area contributed by atoms with Crippen LogP contribution in [0.4, 0.5) is 5.69 Å². The average Bonchev–Trinajstić information content (AvgIpc) is 2.50. The van der Waals surface area contributed by atoms with Crippen molar-refractivity contribution in [3.05, 3.63) is 57.7 Å². The van der Waals surface area contributed by atoms with Gasteiger partial charge in [0.05, 0.1) is 11.4 Å². The highest BCUT2D eigenvalue weighted by molar-refractivity contribution is 14.1. The van der Waals surface area contributed by atoms with Crippen LogP contribution in [-0.4, -0.2) is 32.2 Å². The minimum absolute atomic E-state index is 0.174. The number of hydrogen-bond acceptors (Lipinski definition) is 3. The summed E-state index contributed by atoms with van der Waals surface area (Å²) in [5.41, 5.74) is 1.61. The van der Waals surface area contributed by atoms with Gasteiger partial charge in [0.2, 0.25) is 15.9 Å². The number of benzene rings is 2. The summed E-state index contributed by atoms with van der Waals surface area (Å²) in [6.45, 7) is 1.64. The first-order valence-electron chi connectivity index (χ1n) is 6.87. The third kappa shape index (κ3) is 4.76. The van der Waals surface area contributed by atoms with E-state index in [-0.39, 0.29) is 17.3 Å². The maximum absolute atomic E-state index is 12.4. The molecule has 0 atom stereocenters. The zero-order valence-corrected chi connectivity index (χ0v) is 15.8. The molecule has 0 aromatic heterocycles. The number of hydrogen-bond donors (Lipinski definition) is 1. The topological polar surface area (TPSA) is 66.5 Å². The Morgan fingerprint density at radius 3 is 2.22 bits per heavy atom. The standard InChI is InChI=1S/C16H17IN2O3S/c1-12-3-9-15(10-4-12)23(21,22)19(2)11-16(20)18-14-7-5-13(17)6-8-14/h3-10H,11H2,1-2H3,(H,18,20). The first-order chi connectivity index (χ1) is 10.8. The minimum atomic E-state index is -3.68. The molecule has 0 aliphatic rings. The Morgan fingerprint density at radius 2 is 1.65 bits per heavy atom. The summed E-state index contributed by atoms with van der Waals surface area (Å²) in [7, 11) is -2.29. The van der Waals surface area contributed by atoms with Gasteiger partial charge in [-0.1, -0.05) is 17.7 Å². The number of rotatable bonds is 5. The van der Waals surface area contributed by atoms with Crippen molar-refractivity contribution in [2.45, 2.75) is 11.8 Å². The Morgan fingerprint density at radius 1 is 1.09 bits per heavy atom. The van der Waals surface area contributed by atoms with Crippen LogP contribution in [0.15, 0.2) is 53.4 Å². The SMILES string of the molecule is Cc1ccc(S(=O)(=O)N(C)CC(=O)Nc2ccc(I)cc2)cc1. The molecule has 1 N–H and O–H groups in total. The number of sulfonamides is 1. The molecule has 1 amide bonds. The molecule has 2 aromatic carbocycles. The van der Waals surface area contributed by atoms with Gasteiger partial charge in [0.25, 0.3) is 0 Å². The molecule has 0 heterocycles. The number of anilines is 1. The zero-order valence-electron chi connectivity index (χ0n) is 12.8. The number of halogens is 1.